The summed E-state index contributed by atoms with van der Waals surface area (Å²) in [4.78, 5) is 0. The molecule has 0 aromatic heterocycles. The zero-order chi connectivity index (χ0) is 23.3. The topological polar surface area (TPSA) is 0 Å². The largest absolute Gasteiger partial charge is 0.103 e. The Kier molecular flexibility index (Phi) is 17.5. The first-order valence-electron chi connectivity index (χ1n) is 13.2. The van der Waals surface area contributed by atoms with Gasteiger partial charge in [-0.15, -0.1) is 13.2 Å². The molecule has 0 aromatic rings. The summed E-state index contributed by atoms with van der Waals surface area (Å²) in [6.45, 7) is 11.7. The summed E-state index contributed by atoms with van der Waals surface area (Å²) in [5.41, 5.74) is 0. The van der Waals surface area contributed by atoms with E-state index in [0.29, 0.717) is 0 Å². The number of allylic oxidation sites excluding steroid dienone is 12. The minimum Gasteiger partial charge on any atom is -0.103 e. The molecule has 0 aliphatic heterocycles. The average Bonchev–Trinajstić information content (AvgIpc) is 3.56. The average molecular weight is 435 g/mol. The van der Waals surface area contributed by atoms with Crippen LogP contribution >= 0.6 is 0 Å². The van der Waals surface area contributed by atoms with Crippen molar-refractivity contribution in [1.82, 2.24) is 0 Å². The van der Waals surface area contributed by atoms with Crippen LogP contribution in [0.1, 0.15) is 90.9 Å². The fraction of sp³-hybridized carbons (Fsp3) is 0.562. The normalized spacial score (nSPS) is 28.6. The Morgan fingerprint density at radius 3 is 1.25 bits per heavy atom. The molecule has 0 nitrogen and oxygen atoms in total. The van der Waals surface area contributed by atoms with Crippen molar-refractivity contribution < 1.29 is 0 Å². The van der Waals surface area contributed by atoms with Gasteiger partial charge in [0.25, 0.3) is 0 Å². The molecule has 0 N–H and O–H groups in total. The maximum Gasteiger partial charge on any atom is -0.0228 e. The van der Waals surface area contributed by atoms with E-state index in [-0.39, 0.29) is 0 Å². The molecule has 178 valence electrons. The summed E-state index contributed by atoms with van der Waals surface area (Å²) >= 11 is 0. The van der Waals surface area contributed by atoms with Crippen LogP contribution in [0.3, 0.4) is 0 Å². The van der Waals surface area contributed by atoms with Crippen LogP contribution in [-0.4, -0.2) is 0 Å². The third kappa shape index (κ3) is 14.3. The number of rotatable bonds is 5. The Morgan fingerprint density at radius 1 is 0.625 bits per heavy atom. The maximum absolute atomic E-state index is 3.78. The fourth-order valence-electron chi connectivity index (χ4n) is 4.58. The number of unbranched alkanes of at least 4 members (excludes halogenated alkanes) is 1. The highest BCUT2D eigenvalue weighted by Gasteiger charge is 2.25. The molecule has 32 heavy (non-hydrogen) atoms. The van der Waals surface area contributed by atoms with Crippen LogP contribution in [-0.2, 0) is 0 Å². The van der Waals surface area contributed by atoms with E-state index in [1.807, 2.05) is 0 Å². The predicted octanol–water partition coefficient (Wildman–Crippen LogP) is 10.3. The zero-order valence-corrected chi connectivity index (χ0v) is 21.1. The first-order valence-corrected chi connectivity index (χ1v) is 13.2. The van der Waals surface area contributed by atoms with Crippen molar-refractivity contribution >= 4 is 0 Å². The van der Waals surface area contributed by atoms with Gasteiger partial charge in [0.2, 0.25) is 0 Å². The highest BCUT2D eigenvalue weighted by Crippen LogP contribution is 2.38. The molecular formula is C32H50. The molecule has 2 saturated carbocycles. The van der Waals surface area contributed by atoms with Crippen molar-refractivity contribution in [1.29, 1.82) is 0 Å². The molecule has 2 bridgehead atoms. The Labute approximate surface area is 200 Å². The molecule has 0 saturated heterocycles. The van der Waals surface area contributed by atoms with E-state index in [9.17, 15) is 0 Å². The van der Waals surface area contributed by atoms with Crippen molar-refractivity contribution in [3.05, 3.63) is 86.1 Å². The summed E-state index contributed by atoms with van der Waals surface area (Å²) in [6, 6.07) is 0. The van der Waals surface area contributed by atoms with Crippen molar-refractivity contribution in [2.45, 2.75) is 90.9 Å². The van der Waals surface area contributed by atoms with Gasteiger partial charge >= 0.3 is 0 Å². The van der Waals surface area contributed by atoms with E-state index in [0.717, 1.165) is 23.7 Å². The van der Waals surface area contributed by atoms with Gasteiger partial charge in [-0.2, -0.15) is 0 Å². The van der Waals surface area contributed by atoms with Gasteiger partial charge in [0.1, 0.15) is 0 Å². The lowest BCUT2D eigenvalue weighted by molar-refractivity contribution is 0.641. The van der Waals surface area contributed by atoms with E-state index in [1.165, 1.54) is 77.0 Å². The van der Waals surface area contributed by atoms with Crippen LogP contribution < -0.4 is 0 Å². The monoisotopic (exact) mass is 434 g/mol. The van der Waals surface area contributed by atoms with Crippen LogP contribution in [0.2, 0.25) is 0 Å². The summed E-state index contributed by atoms with van der Waals surface area (Å²) < 4.78 is 0. The first kappa shape index (κ1) is 28.2. The van der Waals surface area contributed by atoms with Crippen LogP contribution in [0.15, 0.2) is 86.1 Å². The molecule has 4 aliphatic rings. The highest BCUT2D eigenvalue weighted by molar-refractivity contribution is 5.06. The fourth-order valence-corrected chi connectivity index (χ4v) is 4.58. The van der Waals surface area contributed by atoms with Gasteiger partial charge in [0.15, 0.2) is 0 Å². The van der Waals surface area contributed by atoms with Crippen LogP contribution in [0, 0.1) is 23.7 Å². The zero-order valence-electron chi connectivity index (χ0n) is 21.1. The lowest BCUT2D eigenvalue weighted by Crippen LogP contribution is -1.88. The van der Waals surface area contributed by atoms with Gasteiger partial charge in [-0.25, -0.2) is 0 Å². The molecule has 0 heterocycles. The molecule has 0 amide bonds. The highest BCUT2D eigenvalue weighted by atomic mass is 14.3. The molecule has 0 unspecified atom stereocenters. The molecule has 0 radical (unpaired) electrons. The van der Waals surface area contributed by atoms with Crippen molar-refractivity contribution in [3.63, 3.8) is 0 Å². The molecule has 4 atom stereocenters. The lowest BCUT2D eigenvalue weighted by Gasteiger charge is -1.99. The molecule has 0 heteroatoms. The number of fused-ring (bicyclic) bond motifs is 2. The van der Waals surface area contributed by atoms with Gasteiger partial charge < -0.3 is 0 Å². The maximum atomic E-state index is 3.78. The van der Waals surface area contributed by atoms with Gasteiger partial charge in [0.05, 0.1) is 0 Å². The van der Waals surface area contributed by atoms with Crippen molar-refractivity contribution in [3.8, 4) is 0 Å². The van der Waals surface area contributed by atoms with E-state index in [2.05, 4.69) is 99.9 Å². The van der Waals surface area contributed by atoms with Gasteiger partial charge in [0, 0.05) is 0 Å². The summed E-state index contributed by atoms with van der Waals surface area (Å²) in [7, 11) is 0. The van der Waals surface area contributed by atoms with Gasteiger partial charge in [-0.3, -0.25) is 0 Å². The van der Waals surface area contributed by atoms with E-state index < -0.39 is 0 Å². The first-order chi connectivity index (χ1) is 15.7. The quantitative estimate of drug-likeness (QED) is 0.298. The standard InChI is InChI=1S/C9H14.C8H12.C8H14.C7H10/c1-3-8-5-6-9(4-2)7-8;1-2-4-6-8-7-5-3-1;1-3-5-7-8-6-4-2;1-2-7-4-3-6(1)5-7/h3-4,8-9H,1-2,5-7H2;1-2,7-8H,3-6H2;3-6H,7-8H2,1-2H3;1-2,6-7H,3-5H2/b;2-1-,8-7?;5-3-,6-4-;/t8-,9+;;;6-,7+. The van der Waals surface area contributed by atoms with Crippen LogP contribution in [0.25, 0.3) is 0 Å². The van der Waals surface area contributed by atoms with Crippen molar-refractivity contribution in [2.75, 3.05) is 0 Å². The summed E-state index contributed by atoms with van der Waals surface area (Å²) in [5.74, 6) is 3.52. The molecule has 4 aliphatic carbocycles. The minimum atomic E-state index is 0.771. The number of hydrogen-bond acceptors (Lipinski definition) is 0. The second-order valence-corrected chi connectivity index (χ2v) is 9.34. The Bertz CT molecular complexity index is 548. The Hall–Kier alpha value is -1.82. The predicted molar refractivity (Wildman–Crippen MR) is 147 cm³/mol. The van der Waals surface area contributed by atoms with Crippen LogP contribution in [0.5, 0.6) is 0 Å². The van der Waals surface area contributed by atoms with Gasteiger partial charge in [-0.1, -0.05) is 72.9 Å². The smallest absolute Gasteiger partial charge is 0.0228 e. The second-order valence-electron chi connectivity index (χ2n) is 9.34. The summed E-state index contributed by atoms with van der Waals surface area (Å²) in [5, 5.41) is 0. The SMILES string of the molecule is C/C=C\CC/C=C\C.C1=CCC/C=C\CC1.C1=C[C@H]2CC[C@@H]1C2.C=C[C@@H]1CC[C@H](C=C)C1. The van der Waals surface area contributed by atoms with Crippen LogP contribution in [0.4, 0.5) is 0 Å². The van der Waals surface area contributed by atoms with E-state index >= 15 is 0 Å². The molecular weight excluding hydrogens is 384 g/mol. The Morgan fingerprint density at radius 2 is 1.03 bits per heavy atom. The second kappa shape index (κ2) is 19.8. The summed E-state index contributed by atoms with van der Waals surface area (Å²) in [6.07, 6.45) is 42.2. The molecule has 2 fully saturated rings. The third-order valence-corrected chi connectivity index (χ3v) is 6.65. The van der Waals surface area contributed by atoms with Crippen molar-refractivity contribution in [2.24, 2.45) is 23.7 Å². The number of hydrogen-bond donors (Lipinski definition) is 0. The van der Waals surface area contributed by atoms with E-state index in [1.54, 1.807) is 0 Å². The van der Waals surface area contributed by atoms with E-state index in [4.69, 9.17) is 0 Å². The lowest BCUT2D eigenvalue weighted by atomic mass is 10.1. The Balaban J connectivity index is 0.000000214. The minimum absolute atomic E-state index is 0.771. The molecule has 0 spiro atoms. The third-order valence-electron chi connectivity index (χ3n) is 6.65. The molecule has 0 aromatic carbocycles. The molecule has 4 rings (SSSR count). The van der Waals surface area contributed by atoms with Gasteiger partial charge in [-0.05, 0) is 115 Å².